The number of carbonyl (C=O) groups is 1. The first kappa shape index (κ1) is 13.3. The lowest BCUT2D eigenvalue weighted by atomic mass is 9.85. The van der Waals surface area contributed by atoms with Gasteiger partial charge in [-0.15, -0.1) is 0 Å². The molecule has 0 saturated carbocycles. The topological polar surface area (TPSA) is 30.0 Å². The van der Waals surface area contributed by atoms with Crippen LogP contribution in [0.1, 0.15) is 63.1 Å². The van der Waals surface area contributed by atoms with Crippen LogP contribution in [0, 0.1) is 5.92 Å². The predicted molar refractivity (Wildman–Crippen MR) is 73.6 cm³/mol. The molecule has 18 heavy (non-hydrogen) atoms. The Balaban J connectivity index is 2.14. The number of hydrogen-bond donors (Lipinski definition) is 0. The van der Waals surface area contributed by atoms with Gasteiger partial charge in [-0.25, -0.2) is 0 Å². The van der Waals surface area contributed by atoms with E-state index in [0.29, 0.717) is 5.78 Å². The van der Waals surface area contributed by atoms with Crippen LogP contribution in [-0.4, -0.2) is 10.8 Å². The molecule has 0 radical (unpaired) electrons. The van der Waals surface area contributed by atoms with Crippen LogP contribution in [0.2, 0.25) is 0 Å². The van der Waals surface area contributed by atoms with Gasteiger partial charge in [0, 0.05) is 12.1 Å². The number of fused-ring (bicyclic) bond motifs is 1. The molecule has 1 unspecified atom stereocenters. The average molecular weight is 245 g/mol. The Labute approximate surface area is 110 Å². The fourth-order valence-corrected chi connectivity index (χ4v) is 3.10. The summed E-state index contributed by atoms with van der Waals surface area (Å²) in [5, 5.41) is 0. The van der Waals surface area contributed by atoms with Crippen molar-refractivity contribution in [1.29, 1.82) is 0 Å². The van der Waals surface area contributed by atoms with Gasteiger partial charge in [0.05, 0.1) is 11.6 Å². The fourth-order valence-electron chi connectivity index (χ4n) is 3.10. The van der Waals surface area contributed by atoms with Gasteiger partial charge in [-0.3, -0.25) is 9.78 Å². The summed E-state index contributed by atoms with van der Waals surface area (Å²) >= 11 is 0. The average Bonchev–Trinajstić information content (AvgIpc) is 2.81. The Kier molecular flexibility index (Phi) is 4.51. The summed E-state index contributed by atoms with van der Waals surface area (Å²) in [6, 6.07) is 4.09. The van der Waals surface area contributed by atoms with Crippen molar-refractivity contribution in [1.82, 2.24) is 4.98 Å². The van der Waals surface area contributed by atoms with Gasteiger partial charge in [0.1, 0.15) is 5.78 Å². The standard InChI is InChI=1S/C16H23NO/c1-3-6-13(7-4-2)16(18)14-10-9-12-8-5-11-17-15(12)14/h5,8,11,13-14H,3-4,6-7,9-10H2,1-2H3. The van der Waals surface area contributed by atoms with Crippen LogP contribution in [0.15, 0.2) is 18.3 Å². The van der Waals surface area contributed by atoms with E-state index in [1.807, 2.05) is 12.3 Å². The van der Waals surface area contributed by atoms with Crippen LogP contribution in [0.25, 0.3) is 0 Å². The molecule has 0 amide bonds. The molecule has 1 aliphatic carbocycles. The Hall–Kier alpha value is -1.18. The summed E-state index contributed by atoms with van der Waals surface area (Å²) in [5.74, 6) is 0.762. The summed E-state index contributed by atoms with van der Waals surface area (Å²) in [5.41, 5.74) is 2.34. The number of Topliss-reactive ketones (excluding diaryl/α,β-unsaturated/α-hetero) is 1. The molecule has 1 aliphatic rings. The summed E-state index contributed by atoms with van der Waals surface area (Å²) in [6.07, 6.45) is 8.06. The molecule has 0 aromatic carbocycles. The number of ketones is 1. The Bertz CT molecular complexity index is 407. The van der Waals surface area contributed by atoms with E-state index in [2.05, 4.69) is 24.9 Å². The third-order valence-electron chi connectivity index (χ3n) is 3.98. The maximum atomic E-state index is 12.6. The van der Waals surface area contributed by atoms with E-state index in [9.17, 15) is 4.79 Å². The first-order chi connectivity index (χ1) is 8.77. The maximum Gasteiger partial charge on any atom is 0.145 e. The Morgan fingerprint density at radius 1 is 1.39 bits per heavy atom. The molecular weight excluding hydrogens is 222 g/mol. The van der Waals surface area contributed by atoms with Gasteiger partial charge in [-0.05, 0) is 37.3 Å². The molecule has 2 nitrogen and oxygen atoms in total. The summed E-state index contributed by atoms with van der Waals surface area (Å²) in [7, 11) is 0. The lowest BCUT2D eigenvalue weighted by molar-refractivity contribution is -0.124. The van der Waals surface area contributed by atoms with Gasteiger partial charge in [0.15, 0.2) is 0 Å². The second-order valence-corrected chi connectivity index (χ2v) is 5.32. The lowest BCUT2D eigenvalue weighted by Gasteiger charge is -2.18. The Morgan fingerprint density at radius 3 is 2.78 bits per heavy atom. The maximum absolute atomic E-state index is 12.6. The van der Waals surface area contributed by atoms with E-state index in [-0.39, 0.29) is 11.8 Å². The highest BCUT2D eigenvalue weighted by Gasteiger charge is 2.33. The van der Waals surface area contributed by atoms with E-state index in [1.54, 1.807) is 0 Å². The van der Waals surface area contributed by atoms with Crippen molar-refractivity contribution >= 4 is 5.78 Å². The van der Waals surface area contributed by atoms with Crippen molar-refractivity contribution in [2.24, 2.45) is 5.92 Å². The molecule has 2 heteroatoms. The second kappa shape index (κ2) is 6.12. The SMILES string of the molecule is CCCC(CCC)C(=O)C1CCc2cccnc21. The smallest absolute Gasteiger partial charge is 0.145 e. The molecule has 1 aromatic rings. The first-order valence-electron chi connectivity index (χ1n) is 7.25. The van der Waals surface area contributed by atoms with Crippen LogP contribution >= 0.6 is 0 Å². The van der Waals surface area contributed by atoms with Crippen molar-refractivity contribution in [3.63, 3.8) is 0 Å². The minimum Gasteiger partial charge on any atom is -0.299 e. The van der Waals surface area contributed by atoms with E-state index in [0.717, 1.165) is 44.2 Å². The molecule has 1 atom stereocenters. The molecule has 1 heterocycles. The number of hydrogen-bond acceptors (Lipinski definition) is 2. The zero-order valence-corrected chi connectivity index (χ0v) is 11.5. The van der Waals surface area contributed by atoms with Gasteiger partial charge in [-0.2, -0.15) is 0 Å². The van der Waals surface area contributed by atoms with Crippen molar-refractivity contribution in [3.8, 4) is 0 Å². The zero-order chi connectivity index (χ0) is 13.0. The van der Waals surface area contributed by atoms with Crippen LogP contribution in [0.4, 0.5) is 0 Å². The third kappa shape index (κ3) is 2.63. The third-order valence-corrected chi connectivity index (χ3v) is 3.98. The number of nitrogens with zero attached hydrogens (tertiary/aromatic N) is 1. The molecule has 0 N–H and O–H groups in total. The first-order valence-corrected chi connectivity index (χ1v) is 7.25. The highest BCUT2D eigenvalue weighted by atomic mass is 16.1. The minimum atomic E-state index is 0.0734. The highest BCUT2D eigenvalue weighted by molar-refractivity contribution is 5.88. The largest absolute Gasteiger partial charge is 0.299 e. The van der Waals surface area contributed by atoms with Gasteiger partial charge >= 0.3 is 0 Å². The van der Waals surface area contributed by atoms with Gasteiger partial charge in [0.25, 0.3) is 0 Å². The van der Waals surface area contributed by atoms with E-state index >= 15 is 0 Å². The van der Waals surface area contributed by atoms with Crippen LogP contribution < -0.4 is 0 Å². The molecule has 1 aromatic heterocycles. The monoisotopic (exact) mass is 245 g/mol. The van der Waals surface area contributed by atoms with Crippen LogP contribution in [0.3, 0.4) is 0 Å². The molecular formula is C16H23NO. The summed E-state index contributed by atoms with van der Waals surface area (Å²) in [6.45, 7) is 4.33. The highest BCUT2D eigenvalue weighted by Crippen LogP contribution is 2.35. The quantitative estimate of drug-likeness (QED) is 0.761. The number of pyridine rings is 1. The zero-order valence-electron chi connectivity index (χ0n) is 11.5. The molecule has 0 aliphatic heterocycles. The minimum absolute atomic E-state index is 0.0734. The van der Waals surface area contributed by atoms with Crippen LogP contribution in [-0.2, 0) is 11.2 Å². The van der Waals surface area contributed by atoms with Crippen LogP contribution in [0.5, 0.6) is 0 Å². The van der Waals surface area contributed by atoms with Crippen molar-refractivity contribution in [2.75, 3.05) is 0 Å². The molecule has 0 fully saturated rings. The Morgan fingerprint density at radius 2 is 2.11 bits per heavy atom. The summed E-state index contributed by atoms with van der Waals surface area (Å²) < 4.78 is 0. The summed E-state index contributed by atoms with van der Waals surface area (Å²) in [4.78, 5) is 17.1. The van der Waals surface area contributed by atoms with Crippen molar-refractivity contribution < 1.29 is 4.79 Å². The van der Waals surface area contributed by atoms with Crippen molar-refractivity contribution in [2.45, 2.75) is 58.3 Å². The second-order valence-electron chi connectivity index (χ2n) is 5.32. The van der Waals surface area contributed by atoms with Gasteiger partial charge in [0.2, 0.25) is 0 Å². The van der Waals surface area contributed by atoms with Gasteiger partial charge in [-0.1, -0.05) is 32.8 Å². The molecule has 2 rings (SSSR count). The number of aromatic nitrogens is 1. The fraction of sp³-hybridized carbons (Fsp3) is 0.625. The number of rotatable bonds is 6. The van der Waals surface area contributed by atoms with E-state index in [4.69, 9.17) is 0 Å². The van der Waals surface area contributed by atoms with Gasteiger partial charge < -0.3 is 0 Å². The lowest BCUT2D eigenvalue weighted by Crippen LogP contribution is -2.21. The predicted octanol–water partition coefficient (Wildman–Crippen LogP) is 3.90. The number of aryl methyl sites for hydroxylation is 1. The van der Waals surface area contributed by atoms with Crippen molar-refractivity contribution in [3.05, 3.63) is 29.6 Å². The van der Waals surface area contributed by atoms with E-state index in [1.165, 1.54) is 5.56 Å². The molecule has 0 bridgehead atoms. The molecule has 98 valence electrons. The number of carbonyl (C=O) groups excluding carboxylic acids is 1. The molecule has 0 spiro atoms. The molecule has 0 saturated heterocycles. The normalized spacial score (nSPS) is 18.1. The van der Waals surface area contributed by atoms with E-state index < -0.39 is 0 Å².